The molecule has 1 saturated heterocycles. The molecule has 1 heterocycles. The second kappa shape index (κ2) is 6.58. The molecule has 2 aliphatic rings. The first-order chi connectivity index (χ1) is 10.2. The number of morpholine rings is 1. The normalized spacial score (nSPS) is 28.7. The Morgan fingerprint density at radius 2 is 2.14 bits per heavy atom. The second-order valence-electron chi connectivity index (χ2n) is 6.16. The summed E-state index contributed by atoms with van der Waals surface area (Å²) >= 11 is 0. The summed E-state index contributed by atoms with van der Waals surface area (Å²) in [6, 6.07) is 10.5. The van der Waals surface area contributed by atoms with E-state index in [-0.39, 0.29) is 11.8 Å². The van der Waals surface area contributed by atoms with Crippen molar-refractivity contribution in [2.75, 3.05) is 20.2 Å². The summed E-state index contributed by atoms with van der Waals surface area (Å²) < 4.78 is 5.78. The number of carbonyl (C=O) groups is 1. The van der Waals surface area contributed by atoms with E-state index in [1.165, 1.54) is 5.56 Å². The Hall–Kier alpha value is -1.39. The largest absolute Gasteiger partial charge is 0.375 e. The van der Waals surface area contributed by atoms with E-state index in [1.54, 1.807) is 0 Å². The molecule has 0 radical (unpaired) electrons. The fourth-order valence-corrected chi connectivity index (χ4v) is 3.48. The summed E-state index contributed by atoms with van der Waals surface area (Å²) in [6.07, 6.45) is 3.15. The van der Waals surface area contributed by atoms with E-state index in [9.17, 15) is 4.79 Å². The van der Waals surface area contributed by atoms with Crippen molar-refractivity contribution in [1.29, 1.82) is 0 Å². The van der Waals surface area contributed by atoms with Crippen LogP contribution in [-0.4, -0.2) is 43.2 Å². The number of fused-ring (bicyclic) bond motifs is 1. The molecule has 1 aliphatic heterocycles. The molecule has 0 unspecified atom stereocenters. The van der Waals surface area contributed by atoms with Crippen LogP contribution in [0.5, 0.6) is 0 Å². The van der Waals surface area contributed by atoms with Gasteiger partial charge < -0.3 is 15.0 Å². The number of carbonyl (C=O) groups excluding carboxylic acids is 1. The minimum atomic E-state index is 0.133. The van der Waals surface area contributed by atoms with Crippen LogP contribution in [0.2, 0.25) is 0 Å². The van der Waals surface area contributed by atoms with E-state index in [1.807, 2.05) is 30.1 Å². The Kier molecular flexibility index (Phi) is 4.56. The highest BCUT2D eigenvalue weighted by Crippen LogP contribution is 2.29. The van der Waals surface area contributed by atoms with Crippen LogP contribution in [0.25, 0.3) is 0 Å². The maximum atomic E-state index is 12.6. The first-order valence-corrected chi connectivity index (χ1v) is 7.88. The minimum Gasteiger partial charge on any atom is -0.375 e. The van der Waals surface area contributed by atoms with Gasteiger partial charge in [-0.1, -0.05) is 30.3 Å². The van der Waals surface area contributed by atoms with Crippen LogP contribution in [-0.2, 0) is 16.1 Å². The molecule has 0 spiro atoms. The van der Waals surface area contributed by atoms with Gasteiger partial charge in [-0.05, 0) is 24.8 Å². The Labute approximate surface area is 126 Å². The molecule has 0 aromatic heterocycles. The maximum absolute atomic E-state index is 12.6. The molecule has 4 nitrogen and oxygen atoms in total. The number of nitrogens with one attached hydrogen (secondary N) is 1. The first-order valence-electron chi connectivity index (χ1n) is 7.88. The fraction of sp³-hybridized carbons (Fsp3) is 0.588. The Morgan fingerprint density at radius 1 is 1.33 bits per heavy atom. The number of rotatable bonds is 3. The molecule has 1 saturated carbocycles. The summed E-state index contributed by atoms with van der Waals surface area (Å²) in [5.41, 5.74) is 1.18. The van der Waals surface area contributed by atoms with Gasteiger partial charge >= 0.3 is 0 Å². The SMILES string of the molecule is CN(Cc1ccccc1)C(=O)[C@H]1CC[C@H]2OCCN[C@@H]2C1. The van der Waals surface area contributed by atoms with Crippen LogP contribution in [0.3, 0.4) is 0 Å². The van der Waals surface area contributed by atoms with Crippen LogP contribution in [0, 0.1) is 5.92 Å². The molecule has 4 heteroatoms. The molecule has 1 aromatic carbocycles. The Bertz CT molecular complexity index is 477. The summed E-state index contributed by atoms with van der Waals surface area (Å²) in [6.45, 7) is 2.39. The van der Waals surface area contributed by atoms with E-state index in [2.05, 4.69) is 17.4 Å². The lowest BCUT2D eigenvalue weighted by molar-refractivity contribution is -0.138. The first kappa shape index (κ1) is 14.5. The zero-order valence-electron chi connectivity index (χ0n) is 12.6. The van der Waals surface area contributed by atoms with Gasteiger partial charge in [0.15, 0.2) is 0 Å². The topological polar surface area (TPSA) is 41.6 Å². The third-order valence-electron chi connectivity index (χ3n) is 4.62. The Morgan fingerprint density at radius 3 is 2.95 bits per heavy atom. The molecule has 1 amide bonds. The number of benzene rings is 1. The van der Waals surface area contributed by atoms with Gasteiger partial charge in [-0.2, -0.15) is 0 Å². The van der Waals surface area contributed by atoms with Crippen molar-refractivity contribution in [3.8, 4) is 0 Å². The molecule has 1 aliphatic carbocycles. The lowest BCUT2D eigenvalue weighted by Crippen LogP contribution is -2.53. The van der Waals surface area contributed by atoms with Crippen molar-refractivity contribution in [2.45, 2.75) is 38.0 Å². The molecular formula is C17H24N2O2. The minimum absolute atomic E-state index is 0.133. The lowest BCUT2D eigenvalue weighted by atomic mass is 9.82. The molecule has 21 heavy (non-hydrogen) atoms. The van der Waals surface area contributed by atoms with Crippen LogP contribution in [0.1, 0.15) is 24.8 Å². The van der Waals surface area contributed by atoms with E-state index in [0.717, 1.165) is 32.4 Å². The summed E-state index contributed by atoms with van der Waals surface area (Å²) in [5.74, 6) is 0.402. The third kappa shape index (κ3) is 3.44. The molecule has 2 fully saturated rings. The smallest absolute Gasteiger partial charge is 0.225 e. The van der Waals surface area contributed by atoms with Crippen molar-refractivity contribution in [2.24, 2.45) is 5.92 Å². The molecular weight excluding hydrogens is 264 g/mol. The Balaban J connectivity index is 1.57. The van der Waals surface area contributed by atoms with Gasteiger partial charge in [0.2, 0.25) is 5.91 Å². The molecule has 1 N–H and O–H groups in total. The molecule has 3 rings (SSSR count). The second-order valence-corrected chi connectivity index (χ2v) is 6.16. The quantitative estimate of drug-likeness (QED) is 0.922. The summed E-state index contributed by atoms with van der Waals surface area (Å²) in [5, 5.41) is 3.50. The number of amides is 1. The predicted molar refractivity (Wildman–Crippen MR) is 81.8 cm³/mol. The summed E-state index contributed by atoms with van der Waals surface area (Å²) in [7, 11) is 1.91. The molecule has 0 bridgehead atoms. The highest BCUT2D eigenvalue weighted by atomic mass is 16.5. The van der Waals surface area contributed by atoms with Crippen molar-refractivity contribution in [3.05, 3.63) is 35.9 Å². The van der Waals surface area contributed by atoms with Crippen molar-refractivity contribution in [3.63, 3.8) is 0 Å². The van der Waals surface area contributed by atoms with Gasteiger partial charge in [-0.25, -0.2) is 0 Å². The van der Waals surface area contributed by atoms with E-state index in [4.69, 9.17) is 4.74 Å². The zero-order valence-corrected chi connectivity index (χ0v) is 12.6. The average molecular weight is 288 g/mol. The monoisotopic (exact) mass is 288 g/mol. The van der Waals surface area contributed by atoms with Gasteiger partial charge in [-0.3, -0.25) is 4.79 Å². The standard InChI is InChI=1S/C17H24N2O2/c1-19(12-13-5-3-2-4-6-13)17(20)14-7-8-16-15(11-14)18-9-10-21-16/h2-6,14-16,18H,7-12H2,1H3/t14-,15+,16+/m0/s1. The van der Waals surface area contributed by atoms with Crippen LogP contribution < -0.4 is 5.32 Å². The maximum Gasteiger partial charge on any atom is 0.225 e. The van der Waals surface area contributed by atoms with Crippen LogP contribution in [0.4, 0.5) is 0 Å². The lowest BCUT2D eigenvalue weighted by Gasteiger charge is -2.40. The van der Waals surface area contributed by atoms with Gasteiger partial charge in [0.1, 0.15) is 0 Å². The number of ether oxygens (including phenoxy) is 1. The van der Waals surface area contributed by atoms with E-state index >= 15 is 0 Å². The number of nitrogens with zero attached hydrogens (tertiary/aromatic N) is 1. The van der Waals surface area contributed by atoms with Crippen LogP contribution in [0.15, 0.2) is 30.3 Å². The van der Waals surface area contributed by atoms with Gasteiger partial charge in [0, 0.05) is 32.1 Å². The van der Waals surface area contributed by atoms with Gasteiger partial charge in [0.25, 0.3) is 0 Å². The van der Waals surface area contributed by atoms with Crippen LogP contribution >= 0.6 is 0 Å². The van der Waals surface area contributed by atoms with E-state index < -0.39 is 0 Å². The number of hydrogen-bond acceptors (Lipinski definition) is 3. The van der Waals surface area contributed by atoms with Gasteiger partial charge in [0.05, 0.1) is 12.7 Å². The fourth-order valence-electron chi connectivity index (χ4n) is 3.48. The van der Waals surface area contributed by atoms with Crippen molar-refractivity contribution in [1.82, 2.24) is 10.2 Å². The van der Waals surface area contributed by atoms with Gasteiger partial charge in [-0.15, -0.1) is 0 Å². The molecule has 3 atom stereocenters. The summed E-state index contributed by atoms with van der Waals surface area (Å²) in [4.78, 5) is 14.5. The van der Waals surface area contributed by atoms with Crippen molar-refractivity contribution < 1.29 is 9.53 Å². The van der Waals surface area contributed by atoms with E-state index in [0.29, 0.717) is 18.7 Å². The molecule has 1 aromatic rings. The average Bonchev–Trinajstić information content (AvgIpc) is 2.54. The highest BCUT2D eigenvalue weighted by Gasteiger charge is 2.36. The third-order valence-corrected chi connectivity index (χ3v) is 4.62. The highest BCUT2D eigenvalue weighted by molar-refractivity contribution is 5.78. The zero-order chi connectivity index (χ0) is 14.7. The molecule has 114 valence electrons. The predicted octanol–water partition coefficient (Wildman–Crippen LogP) is 1.80. The number of hydrogen-bond donors (Lipinski definition) is 1. The van der Waals surface area contributed by atoms with Crippen molar-refractivity contribution >= 4 is 5.91 Å².